The number of aromatic nitrogens is 1. The lowest BCUT2D eigenvalue weighted by Gasteiger charge is -2.14. The molecule has 2 heterocycles. The van der Waals surface area contributed by atoms with Crippen LogP contribution >= 0.6 is 0 Å². The van der Waals surface area contributed by atoms with Crippen molar-refractivity contribution in [1.82, 2.24) is 4.98 Å². The van der Waals surface area contributed by atoms with Crippen LogP contribution in [0.2, 0.25) is 0 Å². The maximum atomic E-state index is 13.2. The highest BCUT2D eigenvalue weighted by molar-refractivity contribution is 5.89. The molecule has 0 saturated heterocycles. The van der Waals surface area contributed by atoms with E-state index < -0.39 is 12.1 Å². The van der Waals surface area contributed by atoms with E-state index in [2.05, 4.69) is 11.1 Å². The number of benzene rings is 1. The summed E-state index contributed by atoms with van der Waals surface area (Å²) in [6.07, 6.45) is -3.56. The Morgan fingerprint density at radius 2 is 1.79 bits per heavy atom. The van der Waals surface area contributed by atoms with Crippen LogP contribution in [0.5, 0.6) is 0 Å². The topological polar surface area (TPSA) is 113 Å². The van der Waals surface area contributed by atoms with Gasteiger partial charge in [0.2, 0.25) is 0 Å². The molecule has 0 amide bonds. The third kappa shape index (κ3) is 4.90. The Morgan fingerprint density at radius 3 is 2.24 bits per heavy atom. The van der Waals surface area contributed by atoms with Gasteiger partial charge < -0.3 is 15.3 Å². The summed E-state index contributed by atoms with van der Waals surface area (Å²) in [6, 6.07) is 11.6. The molecule has 1 aromatic carbocycles. The molecule has 6 nitrogen and oxygen atoms in total. The van der Waals surface area contributed by atoms with E-state index in [4.69, 9.17) is 20.1 Å². The van der Waals surface area contributed by atoms with Gasteiger partial charge in [-0.1, -0.05) is 12.1 Å². The highest BCUT2D eigenvalue weighted by Crippen LogP contribution is 2.38. The van der Waals surface area contributed by atoms with Crippen molar-refractivity contribution in [2.75, 3.05) is 5.73 Å². The number of aliphatic carboxylic acids is 1. The lowest BCUT2D eigenvalue weighted by Crippen LogP contribution is -2.21. The second-order valence-corrected chi connectivity index (χ2v) is 5.61. The van der Waals surface area contributed by atoms with Gasteiger partial charge in [0.25, 0.3) is 0 Å². The van der Waals surface area contributed by atoms with Gasteiger partial charge in [0.05, 0.1) is 6.26 Å². The largest absolute Gasteiger partial charge is 0.490 e. The van der Waals surface area contributed by atoms with Crippen molar-refractivity contribution in [2.24, 2.45) is 0 Å². The van der Waals surface area contributed by atoms with Gasteiger partial charge in [0.15, 0.2) is 0 Å². The lowest BCUT2D eigenvalue weighted by molar-refractivity contribution is -0.192. The van der Waals surface area contributed by atoms with Gasteiger partial charge in [-0.15, -0.1) is 0 Å². The molecule has 0 aliphatic rings. The molecule has 0 aliphatic carbocycles. The van der Waals surface area contributed by atoms with Gasteiger partial charge in [0.1, 0.15) is 29.0 Å². The Kier molecular flexibility index (Phi) is 6.23. The molecule has 2 aromatic heterocycles. The quantitative estimate of drug-likeness (QED) is 0.603. The van der Waals surface area contributed by atoms with Gasteiger partial charge in [-0.2, -0.15) is 18.4 Å². The third-order valence-electron chi connectivity index (χ3n) is 3.66. The summed E-state index contributed by atoms with van der Waals surface area (Å²) >= 11 is 0. The van der Waals surface area contributed by atoms with Crippen molar-refractivity contribution < 1.29 is 31.9 Å². The van der Waals surface area contributed by atoms with Crippen LogP contribution in [0.15, 0.2) is 47.1 Å². The molecular formula is C19H13F4N3O3. The molecule has 3 rings (SSSR count). The highest BCUT2D eigenvalue weighted by Gasteiger charge is 2.38. The number of nitrogen functional groups attached to an aromatic ring is 1. The number of carbonyl (C=O) groups is 1. The molecule has 3 aromatic rings. The molecule has 0 aliphatic heterocycles. The minimum absolute atomic E-state index is 0.150. The van der Waals surface area contributed by atoms with Crippen molar-refractivity contribution in [3.8, 4) is 28.5 Å². The van der Waals surface area contributed by atoms with Crippen molar-refractivity contribution in [1.29, 1.82) is 5.26 Å². The number of alkyl halides is 3. The zero-order valence-electron chi connectivity index (χ0n) is 14.8. The number of halogens is 4. The van der Waals surface area contributed by atoms with E-state index in [1.165, 1.54) is 18.4 Å². The van der Waals surface area contributed by atoms with Crippen molar-refractivity contribution in [3.05, 3.63) is 59.7 Å². The fourth-order valence-corrected chi connectivity index (χ4v) is 2.48. The average molecular weight is 407 g/mol. The fraction of sp³-hybridized carbons (Fsp3) is 0.105. The number of carboxylic acids is 1. The number of nitrogens with two attached hydrogens (primary N) is 1. The molecule has 0 fully saturated rings. The SMILES string of the molecule is Cc1nc(N)c(C#N)c(-c2ccco2)c1-c1ccc(F)cc1.O=C(O)C(F)(F)F. The predicted molar refractivity (Wildman–Crippen MR) is 94.9 cm³/mol. The summed E-state index contributed by atoms with van der Waals surface area (Å²) in [4.78, 5) is 13.1. The zero-order valence-corrected chi connectivity index (χ0v) is 14.8. The van der Waals surface area contributed by atoms with Crippen molar-refractivity contribution in [2.45, 2.75) is 13.1 Å². The monoisotopic (exact) mass is 407 g/mol. The van der Waals surface area contributed by atoms with Gasteiger partial charge in [-0.25, -0.2) is 14.2 Å². The highest BCUT2D eigenvalue weighted by atomic mass is 19.4. The molecule has 29 heavy (non-hydrogen) atoms. The fourth-order valence-electron chi connectivity index (χ4n) is 2.48. The van der Waals surface area contributed by atoms with Crippen LogP contribution in [0, 0.1) is 24.1 Å². The number of aryl methyl sites for hydroxylation is 1. The third-order valence-corrected chi connectivity index (χ3v) is 3.66. The molecule has 3 N–H and O–H groups in total. The summed E-state index contributed by atoms with van der Waals surface area (Å²) in [7, 11) is 0. The maximum absolute atomic E-state index is 13.2. The maximum Gasteiger partial charge on any atom is 0.490 e. The molecule has 0 saturated carbocycles. The minimum Gasteiger partial charge on any atom is -0.475 e. The van der Waals surface area contributed by atoms with E-state index in [0.29, 0.717) is 22.6 Å². The van der Waals surface area contributed by atoms with Crippen LogP contribution in [-0.2, 0) is 4.79 Å². The first-order valence-electron chi connectivity index (χ1n) is 7.86. The van der Waals surface area contributed by atoms with Crippen LogP contribution in [-0.4, -0.2) is 22.2 Å². The van der Waals surface area contributed by atoms with Gasteiger partial charge in [0, 0.05) is 16.8 Å². The minimum atomic E-state index is -5.08. The number of nitrogens with zero attached hydrogens (tertiary/aromatic N) is 2. The molecule has 0 radical (unpaired) electrons. The van der Waals surface area contributed by atoms with Gasteiger partial charge >= 0.3 is 12.1 Å². The summed E-state index contributed by atoms with van der Waals surface area (Å²) in [5.74, 6) is -2.41. The Balaban J connectivity index is 0.000000370. The van der Waals surface area contributed by atoms with E-state index in [1.807, 2.05) is 0 Å². The van der Waals surface area contributed by atoms with E-state index in [1.54, 1.807) is 31.2 Å². The van der Waals surface area contributed by atoms with Crippen LogP contribution in [0.4, 0.5) is 23.4 Å². The predicted octanol–water partition coefficient (Wildman–Crippen LogP) is 4.54. The van der Waals surface area contributed by atoms with E-state index in [9.17, 15) is 22.8 Å². The molecular weight excluding hydrogens is 394 g/mol. The van der Waals surface area contributed by atoms with Crippen molar-refractivity contribution in [3.63, 3.8) is 0 Å². The number of carboxylic acid groups (broad SMARTS) is 1. The Morgan fingerprint density at radius 1 is 1.21 bits per heavy atom. The molecule has 150 valence electrons. The molecule has 0 atom stereocenters. The molecule has 0 unspecified atom stereocenters. The standard InChI is InChI=1S/C17H12FN3O.C2HF3O2/c1-10-15(11-4-6-12(18)7-5-11)16(14-3-2-8-22-14)13(9-19)17(20)21-10;3-2(4,5)1(6)7/h2-8H,1H3,(H2,20,21);(H,6,7). The average Bonchev–Trinajstić information content (AvgIpc) is 3.16. The Labute approximate surface area is 161 Å². The summed E-state index contributed by atoms with van der Waals surface area (Å²) in [6.45, 7) is 1.79. The first kappa shape index (κ1) is 21.4. The number of nitriles is 1. The van der Waals surface area contributed by atoms with E-state index in [-0.39, 0.29) is 17.2 Å². The Hall–Kier alpha value is -3.87. The van der Waals surface area contributed by atoms with Crippen molar-refractivity contribution >= 4 is 11.8 Å². The number of anilines is 1. The summed E-state index contributed by atoms with van der Waals surface area (Å²) in [5.41, 5.74) is 8.80. The number of rotatable bonds is 2. The van der Waals surface area contributed by atoms with Crippen LogP contribution in [0.25, 0.3) is 22.5 Å². The smallest absolute Gasteiger partial charge is 0.475 e. The first-order chi connectivity index (χ1) is 13.6. The summed E-state index contributed by atoms with van der Waals surface area (Å²) in [5, 5.41) is 16.6. The molecule has 0 spiro atoms. The second-order valence-electron chi connectivity index (χ2n) is 5.61. The van der Waals surface area contributed by atoms with E-state index >= 15 is 0 Å². The van der Waals surface area contributed by atoms with Crippen LogP contribution in [0.1, 0.15) is 11.3 Å². The van der Waals surface area contributed by atoms with E-state index in [0.717, 1.165) is 5.56 Å². The zero-order chi connectivity index (χ0) is 21.8. The van der Waals surface area contributed by atoms with Gasteiger partial charge in [-0.3, -0.25) is 0 Å². The van der Waals surface area contributed by atoms with Crippen LogP contribution in [0.3, 0.4) is 0 Å². The first-order valence-corrected chi connectivity index (χ1v) is 7.86. The van der Waals surface area contributed by atoms with Crippen LogP contribution < -0.4 is 5.73 Å². The summed E-state index contributed by atoms with van der Waals surface area (Å²) < 4.78 is 50.4. The second kappa shape index (κ2) is 8.43. The normalized spacial score (nSPS) is 10.6. The number of pyridine rings is 1. The van der Waals surface area contributed by atoms with Gasteiger partial charge in [-0.05, 0) is 36.8 Å². The number of hydrogen-bond donors (Lipinski definition) is 2. The molecule has 0 bridgehead atoms. The molecule has 10 heteroatoms. The lowest BCUT2D eigenvalue weighted by atomic mass is 9.93. The Bertz CT molecular complexity index is 1050. The number of hydrogen-bond acceptors (Lipinski definition) is 5. The number of furan rings is 1.